The Bertz CT molecular complexity index is 839. The summed E-state index contributed by atoms with van der Waals surface area (Å²) in [6.45, 7) is 1.98. The van der Waals surface area contributed by atoms with Crippen LogP contribution in [-0.2, 0) is 0 Å². The minimum Gasteiger partial charge on any atom is -0.506 e. The molecule has 0 spiro atoms. The van der Waals surface area contributed by atoms with Crippen LogP contribution in [0.15, 0.2) is 48.5 Å². The lowest BCUT2D eigenvalue weighted by molar-refractivity contribution is 0.0699. The molecule has 104 valence electrons. The molecule has 4 nitrogen and oxygen atoms in total. The molecule has 4 heteroatoms. The summed E-state index contributed by atoms with van der Waals surface area (Å²) in [6.07, 6.45) is 0. The Balaban J connectivity index is 2.32. The number of phenolic OH excluding ortho intramolecular Hbond substituents is 1. The Morgan fingerprint density at radius 1 is 1.10 bits per heavy atom. The van der Waals surface area contributed by atoms with Crippen LogP contribution in [0.2, 0.25) is 0 Å². The zero-order valence-corrected chi connectivity index (χ0v) is 11.4. The van der Waals surface area contributed by atoms with E-state index in [1.807, 2.05) is 31.2 Å². The zero-order valence-electron chi connectivity index (χ0n) is 11.4. The van der Waals surface area contributed by atoms with Crippen LogP contribution in [0.3, 0.4) is 0 Å². The van der Waals surface area contributed by atoms with E-state index in [4.69, 9.17) is 0 Å². The number of hydrogen-bond acceptors (Lipinski definition) is 3. The summed E-state index contributed by atoms with van der Waals surface area (Å²) in [7, 11) is 0. The van der Waals surface area contributed by atoms with Gasteiger partial charge in [0.2, 0.25) is 0 Å². The van der Waals surface area contributed by atoms with Crippen molar-refractivity contribution in [3.05, 3.63) is 59.7 Å². The summed E-state index contributed by atoms with van der Waals surface area (Å²) < 4.78 is 0. The molecule has 3 rings (SSSR count). The molecule has 0 aliphatic heterocycles. The molecule has 0 amide bonds. The van der Waals surface area contributed by atoms with Crippen molar-refractivity contribution < 1.29 is 15.0 Å². The molecule has 0 atom stereocenters. The lowest BCUT2D eigenvalue weighted by Crippen LogP contribution is -2.00. The summed E-state index contributed by atoms with van der Waals surface area (Å²) >= 11 is 0. The molecule has 0 bridgehead atoms. The van der Waals surface area contributed by atoms with Crippen molar-refractivity contribution in [3.8, 4) is 17.0 Å². The van der Waals surface area contributed by atoms with Gasteiger partial charge in [0.05, 0.1) is 11.3 Å². The summed E-state index contributed by atoms with van der Waals surface area (Å²) in [5, 5.41) is 19.7. The number of aromatic carboxylic acids is 1. The van der Waals surface area contributed by atoms with Gasteiger partial charge < -0.3 is 10.2 Å². The third kappa shape index (κ3) is 2.31. The maximum absolute atomic E-state index is 11.5. The smallest absolute Gasteiger partial charge is 0.336 e. The van der Waals surface area contributed by atoms with Gasteiger partial charge in [-0.15, -0.1) is 0 Å². The number of phenols is 1. The number of carboxylic acid groups (broad SMARTS) is 1. The van der Waals surface area contributed by atoms with E-state index < -0.39 is 5.97 Å². The second-order valence-electron chi connectivity index (χ2n) is 4.90. The van der Waals surface area contributed by atoms with Gasteiger partial charge in [0.25, 0.3) is 0 Å². The van der Waals surface area contributed by atoms with E-state index in [2.05, 4.69) is 4.98 Å². The minimum atomic E-state index is -1.04. The van der Waals surface area contributed by atoms with Crippen molar-refractivity contribution >= 4 is 16.9 Å². The van der Waals surface area contributed by atoms with Crippen molar-refractivity contribution in [2.45, 2.75) is 6.92 Å². The summed E-state index contributed by atoms with van der Waals surface area (Å²) in [5.74, 6) is -1.06. The molecule has 1 aromatic heterocycles. The van der Waals surface area contributed by atoms with Gasteiger partial charge in [-0.3, -0.25) is 0 Å². The van der Waals surface area contributed by atoms with Crippen LogP contribution < -0.4 is 0 Å². The van der Waals surface area contributed by atoms with Crippen molar-refractivity contribution in [3.63, 3.8) is 0 Å². The first-order chi connectivity index (χ1) is 10.1. The van der Waals surface area contributed by atoms with Gasteiger partial charge in [0.1, 0.15) is 11.3 Å². The molecule has 2 aromatic carbocycles. The van der Waals surface area contributed by atoms with Gasteiger partial charge in [-0.25, -0.2) is 9.78 Å². The van der Waals surface area contributed by atoms with Gasteiger partial charge in [-0.1, -0.05) is 42.0 Å². The maximum Gasteiger partial charge on any atom is 0.336 e. The lowest BCUT2D eigenvalue weighted by atomic mass is 10.0. The number of aryl methyl sites for hydroxylation is 1. The molecular formula is C17H13NO3. The Morgan fingerprint density at radius 2 is 1.81 bits per heavy atom. The van der Waals surface area contributed by atoms with Crippen LogP contribution in [0.5, 0.6) is 5.75 Å². The van der Waals surface area contributed by atoms with Crippen LogP contribution in [0.4, 0.5) is 0 Å². The quantitative estimate of drug-likeness (QED) is 0.751. The normalized spacial score (nSPS) is 10.7. The first-order valence-corrected chi connectivity index (χ1v) is 6.49. The highest BCUT2D eigenvalue weighted by molar-refractivity contribution is 6.05. The first-order valence-electron chi connectivity index (χ1n) is 6.49. The predicted molar refractivity (Wildman–Crippen MR) is 80.5 cm³/mol. The molecule has 0 aliphatic carbocycles. The number of rotatable bonds is 2. The summed E-state index contributed by atoms with van der Waals surface area (Å²) in [4.78, 5) is 15.9. The van der Waals surface area contributed by atoms with E-state index in [1.165, 1.54) is 12.1 Å². The number of nitrogens with zero attached hydrogens (tertiary/aromatic N) is 1. The standard InChI is InChI=1S/C17H13NO3/c1-10-5-7-11(8-6-10)14-9-13(17(20)21)12-3-2-4-15(19)16(12)18-14/h2-9,19H,1H3,(H,20,21). The number of hydrogen-bond donors (Lipinski definition) is 2. The number of aromatic hydroxyl groups is 1. The fraction of sp³-hybridized carbons (Fsp3) is 0.0588. The molecular weight excluding hydrogens is 266 g/mol. The molecule has 0 saturated carbocycles. The first kappa shape index (κ1) is 13.1. The third-order valence-corrected chi connectivity index (χ3v) is 3.40. The second kappa shape index (κ2) is 4.90. The highest BCUT2D eigenvalue weighted by atomic mass is 16.4. The summed E-state index contributed by atoms with van der Waals surface area (Å²) in [5.41, 5.74) is 2.88. The molecule has 3 aromatic rings. The minimum absolute atomic E-state index is 0.0241. The second-order valence-corrected chi connectivity index (χ2v) is 4.90. The van der Waals surface area contributed by atoms with Crippen LogP contribution in [0.25, 0.3) is 22.2 Å². The number of aromatic nitrogens is 1. The third-order valence-electron chi connectivity index (χ3n) is 3.40. The van der Waals surface area contributed by atoms with E-state index in [9.17, 15) is 15.0 Å². The Labute approximate surface area is 121 Å². The van der Waals surface area contributed by atoms with Gasteiger partial charge in [-0.05, 0) is 19.1 Å². The fourth-order valence-electron chi connectivity index (χ4n) is 2.28. The van der Waals surface area contributed by atoms with Crippen molar-refractivity contribution in [1.29, 1.82) is 0 Å². The van der Waals surface area contributed by atoms with Gasteiger partial charge >= 0.3 is 5.97 Å². The number of para-hydroxylation sites is 1. The monoisotopic (exact) mass is 279 g/mol. The molecule has 2 N–H and O–H groups in total. The van der Waals surface area contributed by atoms with Crippen LogP contribution in [0.1, 0.15) is 15.9 Å². The van der Waals surface area contributed by atoms with E-state index in [-0.39, 0.29) is 11.3 Å². The maximum atomic E-state index is 11.5. The Hall–Kier alpha value is -2.88. The van der Waals surface area contributed by atoms with Crippen molar-refractivity contribution in [2.75, 3.05) is 0 Å². The average Bonchev–Trinajstić information content (AvgIpc) is 2.47. The number of benzene rings is 2. The van der Waals surface area contributed by atoms with E-state index in [0.29, 0.717) is 16.6 Å². The van der Waals surface area contributed by atoms with Gasteiger partial charge in [0.15, 0.2) is 0 Å². The topological polar surface area (TPSA) is 70.4 Å². The zero-order chi connectivity index (χ0) is 15.0. The lowest BCUT2D eigenvalue weighted by Gasteiger charge is -2.08. The predicted octanol–water partition coefficient (Wildman–Crippen LogP) is 3.61. The SMILES string of the molecule is Cc1ccc(-c2cc(C(=O)O)c3cccc(O)c3n2)cc1. The van der Waals surface area contributed by atoms with Gasteiger partial charge in [0, 0.05) is 10.9 Å². The van der Waals surface area contributed by atoms with Crippen LogP contribution in [0, 0.1) is 6.92 Å². The van der Waals surface area contributed by atoms with Crippen LogP contribution >= 0.6 is 0 Å². The molecule has 0 radical (unpaired) electrons. The highest BCUT2D eigenvalue weighted by Crippen LogP contribution is 2.29. The van der Waals surface area contributed by atoms with E-state index >= 15 is 0 Å². The molecule has 0 fully saturated rings. The number of fused-ring (bicyclic) bond motifs is 1. The molecule has 1 heterocycles. The number of carbonyl (C=O) groups is 1. The number of pyridine rings is 1. The fourth-order valence-corrected chi connectivity index (χ4v) is 2.28. The summed E-state index contributed by atoms with van der Waals surface area (Å²) in [6, 6.07) is 13.9. The Kier molecular flexibility index (Phi) is 3.06. The van der Waals surface area contributed by atoms with Crippen LogP contribution in [-0.4, -0.2) is 21.2 Å². The van der Waals surface area contributed by atoms with Crippen molar-refractivity contribution in [2.24, 2.45) is 0 Å². The molecule has 0 aliphatic rings. The van der Waals surface area contributed by atoms with Crippen molar-refractivity contribution in [1.82, 2.24) is 4.98 Å². The molecule has 0 saturated heterocycles. The van der Waals surface area contributed by atoms with E-state index in [1.54, 1.807) is 12.1 Å². The molecule has 21 heavy (non-hydrogen) atoms. The largest absolute Gasteiger partial charge is 0.506 e. The highest BCUT2D eigenvalue weighted by Gasteiger charge is 2.14. The Morgan fingerprint density at radius 3 is 2.48 bits per heavy atom. The van der Waals surface area contributed by atoms with Gasteiger partial charge in [-0.2, -0.15) is 0 Å². The number of carboxylic acids is 1. The molecule has 0 unspecified atom stereocenters. The van der Waals surface area contributed by atoms with E-state index in [0.717, 1.165) is 11.1 Å². The average molecular weight is 279 g/mol.